The van der Waals surface area contributed by atoms with E-state index in [0.29, 0.717) is 10.0 Å². The van der Waals surface area contributed by atoms with E-state index in [9.17, 15) is 9.59 Å². The minimum absolute atomic E-state index is 0.286. The normalized spacial score (nSPS) is 12.0. The van der Waals surface area contributed by atoms with E-state index in [4.69, 9.17) is 27.9 Å². The average molecular weight is 378 g/mol. The van der Waals surface area contributed by atoms with Crippen molar-refractivity contribution < 1.29 is 14.3 Å². The van der Waals surface area contributed by atoms with E-state index < -0.39 is 18.0 Å². The molecule has 25 heavy (non-hydrogen) atoms. The Labute approximate surface area is 156 Å². The number of carbonyl (C=O) groups excluding carboxylic acids is 2. The number of benzene rings is 2. The summed E-state index contributed by atoms with van der Waals surface area (Å²) in [5, 5.41) is 3.17. The lowest BCUT2D eigenvalue weighted by Gasteiger charge is -2.14. The smallest absolute Gasteiger partial charge is 0.331 e. The molecule has 2 rings (SSSR count). The van der Waals surface area contributed by atoms with Gasteiger partial charge in [0.25, 0.3) is 5.91 Å². The first-order chi connectivity index (χ1) is 11.9. The van der Waals surface area contributed by atoms with Crippen LogP contribution in [0.2, 0.25) is 10.0 Å². The Morgan fingerprint density at radius 3 is 2.36 bits per heavy atom. The summed E-state index contributed by atoms with van der Waals surface area (Å²) in [6, 6.07) is 12.5. The first-order valence-corrected chi connectivity index (χ1v) is 8.33. The van der Waals surface area contributed by atoms with Crippen molar-refractivity contribution >= 4 is 46.8 Å². The third-order valence-electron chi connectivity index (χ3n) is 3.46. The van der Waals surface area contributed by atoms with Gasteiger partial charge in [0.1, 0.15) is 0 Å². The van der Waals surface area contributed by atoms with E-state index in [1.54, 1.807) is 24.3 Å². The van der Waals surface area contributed by atoms with Crippen molar-refractivity contribution in [2.45, 2.75) is 20.0 Å². The van der Waals surface area contributed by atoms with Crippen LogP contribution in [0.3, 0.4) is 0 Å². The van der Waals surface area contributed by atoms with Crippen LogP contribution >= 0.6 is 23.2 Å². The number of para-hydroxylation sites is 1. The van der Waals surface area contributed by atoms with Gasteiger partial charge in [-0.25, -0.2) is 4.79 Å². The number of amides is 1. The first kappa shape index (κ1) is 19.0. The number of halogens is 2. The van der Waals surface area contributed by atoms with Gasteiger partial charge < -0.3 is 10.1 Å². The summed E-state index contributed by atoms with van der Waals surface area (Å²) in [6.45, 7) is 3.41. The van der Waals surface area contributed by atoms with E-state index >= 15 is 0 Å². The van der Waals surface area contributed by atoms with Gasteiger partial charge in [0.05, 0.1) is 15.7 Å². The number of nitrogens with one attached hydrogen (secondary N) is 1. The fourth-order valence-corrected chi connectivity index (χ4v) is 2.53. The van der Waals surface area contributed by atoms with E-state index in [1.807, 2.05) is 31.2 Å². The van der Waals surface area contributed by atoms with Crippen LogP contribution in [0.25, 0.3) is 6.08 Å². The number of hydrogen-bond donors (Lipinski definition) is 1. The molecular formula is C19H17Cl2NO3. The van der Waals surface area contributed by atoms with Crippen molar-refractivity contribution in [2.24, 2.45) is 0 Å². The highest BCUT2D eigenvalue weighted by Gasteiger charge is 2.19. The largest absolute Gasteiger partial charge is 0.449 e. The Morgan fingerprint density at radius 1 is 1.08 bits per heavy atom. The molecule has 0 aliphatic rings. The van der Waals surface area contributed by atoms with Gasteiger partial charge >= 0.3 is 5.97 Å². The molecule has 0 fully saturated rings. The van der Waals surface area contributed by atoms with E-state index in [1.165, 1.54) is 13.0 Å². The molecule has 1 atom stereocenters. The van der Waals surface area contributed by atoms with Crippen molar-refractivity contribution in [2.75, 3.05) is 5.32 Å². The van der Waals surface area contributed by atoms with Crippen LogP contribution in [-0.2, 0) is 14.3 Å². The van der Waals surface area contributed by atoms with Gasteiger partial charge in [-0.05, 0) is 43.2 Å². The zero-order valence-electron chi connectivity index (χ0n) is 13.8. The summed E-state index contributed by atoms with van der Waals surface area (Å²) in [5.74, 6) is -1.14. The van der Waals surface area contributed by atoms with Gasteiger partial charge in [0, 0.05) is 6.08 Å². The number of anilines is 1. The Hall–Kier alpha value is -2.30. The average Bonchev–Trinajstić information content (AvgIpc) is 2.57. The van der Waals surface area contributed by atoms with Gasteiger partial charge in [-0.3, -0.25) is 4.79 Å². The lowest BCUT2D eigenvalue weighted by atomic mass is 10.1. The second-order valence-electron chi connectivity index (χ2n) is 5.35. The molecule has 0 saturated heterocycles. The zero-order chi connectivity index (χ0) is 18.4. The van der Waals surface area contributed by atoms with Crippen molar-refractivity contribution in [1.29, 1.82) is 0 Å². The molecule has 1 N–H and O–H groups in total. The molecule has 0 aliphatic carbocycles. The third kappa shape index (κ3) is 5.34. The van der Waals surface area contributed by atoms with Gasteiger partial charge in [0.15, 0.2) is 6.10 Å². The maximum atomic E-state index is 12.2. The summed E-state index contributed by atoms with van der Waals surface area (Å²) in [5.41, 5.74) is 2.22. The Bertz CT molecular complexity index is 798. The molecule has 0 heterocycles. The van der Waals surface area contributed by atoms with Crippen LogP contribution < -0.4 is 5.32 Å². The highest BCUT2D eigenvalue weighted by molar-refractivity contribution is 6.39. The maximum absolute atomic E-state index is 12.2. The SMILES string of the molecule is Cc1ccccc1/C=C/C(=O)O[C@@H](C)C(=O)Nc1c(Cl)cccc1Cl. The molecule has 6 heteroatoms. The number of hydrogen-bond acceptors (Lipinski definition) is 3. The molecule has 0 spiro atoms. The molecule has 0 radical (unpaired) electrons. The zero-order valence-corrected chi connectivity index (χ0v) is 15.3. The summed E-state index contributed by atoms with van der Waals surface area (Å²) < 4.78 is 5.10. The van der Waals surface area contributed by atoms with Crippen LogP contribution in [0.5, 0.6) is 0 Å². The highest BCUT2D eigenvalue weighted by atomic mass is 35.5. The fourth-order valence-electron chi connectivity index (χ4n) is 2.04. The van der Waals surface area contributed by atoms with E-state index in [0.717, 1.165) is 11.1 Å². The van der Waals surface area contributed by atoms with Gasteiger partial charge in [0.2, 0.25) is 0 Å². The molecule has 0 aromatic heterocycles. The van der Waals surface area contributed by atoms with Crippen LogP contribution in [0.1, 0.15) is 18.1 Å². The highest BCUT2D eigenvalue weighted by Crippen LogP contribution is 2.29. The minimum Gasteiger partial charge on any atom is -0.449 e. The standard InChI is InChI=1S/C19H17Cl2NO3/c1-12-6-3-4-7-14(12)10-11-17(23)25-13(2)19(24)22-18-15(20)8-5-9-16(18)21/h3-11,13H,1-2H3,(H,22,24)/b11-10+/t13-/m0/s1. The van der Waals surface area contributed by atoms with Gasteiger partial charge in [-0.1, -0.05) is 53.5 Å². The fraction of sp³-hybridized carbons (Fsp3) is 0.158. The summed E-state index contributed by atoms with van der Waals surface area (Å²) in [4.78, 5) is 24.0. The monoisotopic (exact) mass is 377 g/mol. The molecule has 0 unspecified atom stereocenters. The van der Waals surface area contributed by atoms with Crippen molar-refractivity contribution in [1.82, 2.24) is 0 Å². The molecule has 0 saturated carbocycles. The van der Waals surface area contributed by atoms with Crippen LogP contribution in [-0.4, -0.2) is 18.0 Å². The Balaban J connectivity index is 1.97. The number of rotatable bonds is 5. The third-order valence-corrected chi connectivity index (χ3v) is 4.09. The predicted octanol–water partition coefficient (Wildman–Crippen LogP) is 4.89. The maximum Gasteiger partial charge on any atom is 0.331 e. The summed E-state index contributed by atoms with van der Waals surface area (Å²) >= 11 is 12.0. The van der Waals surface area contributed by atoms with Crippen molar-refractivity contribution in [3.8, 4) is 0 Å². The van der Waals surface area contributed by atoms with Gasteiger partial charge in [-0.15, -0.1) is 0 Å². The minimum atomic E-state index is -0.999. The van der Waals surface area contributed by atoms with Crippen LogP contribution in [0.4, 0.5) is 5.69 Å². The number of aryl methyl sites for hydroxylation is 1. The molecular weight excluding hydrogens is 361 g/mol. The van der Waals surface area contributed by atoms with Gasteiger partial charge in [-0.2, -0.15) is 0 Å². The van der Waals surface area contributed by atoms with E-state index in [2.05, 4.69) is 5.32 Å². The molecule has 1 amide bonds. The second kappa shape index (κ2) is 8.70. The number of carbonyl (C=O) groups is 2. The summed E-state index contributed by atoms with van der Waals surface area (Å²) in [7, 11) is 0. The molecule has 0 bridgehead atoms. The second-order valence-corrected chi connectivity index (χ2v) is 6.17. The van der Waals surface area contributed by atoms with Crippen LogP contribution in [0.15, 0.2) is 48.5 Å². The molecule has 4 nitrogen and oxygen atoms in total. The Kier molecular flexibility index (Phi) is 6.62. The lowest BCUT2D eigenvalue weighted by Crippen LogP contribution is -2.29. The number of ether oxygens (including phenoxy) is 1. The molecule has 0 aliphatic heterocycles. The summed E-state index contributed by atoms with van der Waals surface area (Å²) in [6.07, 6.45) is 1.93. The first-order valence-electron chi connectivity index (χ1n) is 7.57. The molecule has 130 valence electrons. The number of esters is 1. The predicted molar refractivity (Wildman–Crippen MR) is 101 cm³/mol. The van der Waals surface area contributed by atoms with Crippen molar-refractivity contribution in [3.63, 3.8) is 0 Å². The lowest BCUT2D eigenvalue weighted by molar-refractivity contribution is -0.148. The topological polar surface area (TPSA) is 55.4 Å². The molecule has 2 aromatic rings. The van der Waals surface area contributed by atoms with Crippen LogP contribution in [0, 0.1) is 6.92 Å². The van der Waals surface area contributed by atoms with Crippen molar-refractivity contribution in [3.05, 3.63) is 69.7 Å². The quantitative estimate of drug-likeness (QED) is 0.596. The Morgan fingerprint density at radius 2 is 1.72 bits per heavy atom. The van der Waals surface area contributed by atoms with E-state index in [-0.39, 0.29) is 5.69 Å². The molecule has 2 aromatic carbocycles.